The van der Waals surface area contributed by atoms with E-state index in [1.807, 2.05) is 13.8 Å². The summed E-state index contributed by atoms with van der Waals surface area (Å²) >= 11 is 0. The maximum Gasteiger partial charge on any atom is 0.292 e. The molecule has 0 spiro atoms. The van der Waals surface area contributed by atoms with Crippen molar-refractivity contribution < 1.29 is 9.72 Å². The second kappa shape index (κ2) is 6.11. The fraction of sp³-hybridized carbons (Fsp3) is 0.417. The molecule has 0 saturated carbocycles. The zero-order chi connectivity index (χ0) is 13.7. The van der Waals surface area contributed by atoms with E-state index in [1.165, 1.54) is 12.1 Å². The normalized spacial score (nSPS) is 13.7. The van der Waals surface area contributed by atoms with Crippen molar-refractivity contribution >= 4 is 17.3 Å². The van der Waals surface area contributed by atoms with Crippen molar-refractivity contribution in [3.05, 3.63) is 34.4 Å². The van der Waals surface area contributed by atoms with E-state index < -0.39 is 16.9 Å². The van der Waals surface area contributed by atoms with E-state index in [0.29, 0.717) is 0 Å². The average Bonchev–Trinajstić information content (AvgIpc) is 2.37. The van der Waals surface area contributed by atoms with Gasteiger partial charge in [-0.15, -0.1) is 0 Å². The number of nitrogens with two attached hydrogens (primary N) is 1. The van der Waals surface area contributed by atoms with Crippen LogP contribution in [0.4, 0.5) is 11.4 Å². The highest BCUT2D eigenvalue weighted by atomic mass is 16.6. The average molecular weight is 251 g/mol. The first-order valence-corrected chi connectivity index (χ1v) is 5.77. The molecule has 0 radical (unpaired) electrons. The maximum absolute atomic E-state index is 11.8. The summed E-state index contributed by atoms with van der Waals surface area (Å²) in [6.45, 7) is 3.80. The predicted octanol–water partition coefficient (Wildman–Crippen LogP) is 1.91. The van der Waals surface area contributed by atoms with Gasteiger partial charge in [-0.3, -0.25) is 14.9 Å². The van der Waals surface area contributed by atoms with Gasteiger partial charge in [0.2, 0.25) is 5.91 Å². The number of rotatable bonds is 5. The number of nitro groups is 1. The monoisotopic (exact) mass is 251 g/mol. The Balaban J connectivity index is 2.85. The second-order valence-electron chi connectivity index (χ2n) is 4.17. The van der Waals surface area contributed by atoms with E-state index in [-0.39, 0.29) is 17.3 Å². The third-order valence-corrected chi connectivity index (χ3v) is 2.92. The molecule has 0 aliphatic heterocycles. The Kier molecular flexibility index (Phi) is 4.79. The lowest BCUT2D eigenvalue weighted by molar-refractivity contribution is -0.383. The highest BCUT2D eigenvalue weighted by Gasteiger charge is 2.22. The molecular weight excluding hydrogens is 234 g/mol. The van der Waals surface area contributed by atoms with E-state index >= 15 is 0 Å². The topological polar surface area (TPSA) is 98.3 Å². The first-order chi connectivity index (χ1) is 8.47. The molecule has 1 aromatic rings. The van der Waals surface area contributed by atoms with Crippen LogP contribution < -0.4 is 11.1 Å². The van der Waals surface area contributed by atoms with Crippen LogP contribution in [0.2, 0.25) is 0 Å². The van der Waals surface area contributed by atoms with Gasteiger partial charge >= 0.3 is 0 Å². The van der Waals surface area contributed by atoms with E-state index in [4.69, 9.17) is 5.73 Å². The minimum absolute atomic E-state index is 0.0211. The molecule has 0 saturated heterocycles. The third-order valence-electron chi connectivity index (χ3n) is 2.92. The van der Waals surface area contributed by atoms with E-state index in [0.717, 1.165) is 6.42 Å². The molecule has 1 unspecified atom stereocenters. The molecule has 0 bridgehead atoms. The lowest BCUT2D eigenvalue weighted by Crippen LogP contribution is -2.40. The molecule has 1 amide bonds. The standard InChI is InChI=1S/C12H17N3O3/c1-3-8(2)11(13)12(16)14-9-6-4-5-7-10(9)15(17)18/h4-8,11H,3,13H2,1-2H3,(H,14,16)/t8?,11-/m0/s1. The van der Waals surface area contributed by atoms with Crippen molar-refractivity contribution in [1.82, 2.24) is 0 Å². The van der Waals surface area contributed by atoms with Crippen LogP contribution in [0.25, 0.3) is 0 Å². The molecule has 0 heterocycles. The van der Waals surface area contributed by atoms with Crippen LogP contribution in [-0.4, -0.2) is 16.9 Å². The molecule has 6 nitrogen and oxygen atoms in total. The molecule has 0 aliphatic rings. The highest BCUT2D eigenvalue weighted by Crippen LogP contribution is 2.23. The number of para-hydroxylation sites is 2. The molecule has 2 atom stereocenters. The number of nitrogens with one attached hydrogen (secondary N) is 1. The van der Waals surface area contributed by atoms with Crippen molar-refractivity contribution in [3.63, 3.8) is 0 Å². The van der Waals surface area contributed by atoms with Gasteiger partial charge in [0.15, 0.2) is 0 Å². The Morgan fingerprint density at radius 1 is 1.50 bits per heavy atom. The summed E-state index contributed by atoms with van der Waals surface area (Å²) in [6, 6.07) is 5.32. The van der Waals surface area contributed by atoms with Gasteiger partial charge in [-0.05, 0) is 12.0 Å². The first kappa shape index (κ1) is 14.1. The summed E-state index contributed by atoms with van der Waals surface area (Å²) in [7, 11) is 0. The smallest absolute Gasteiger partial charge is 0.292 e. The number of nitro benzene ring substituents is 1. The Labute approximate surface area is 105 Å². The molecule has 98 valence electrons. The SMILES string of the molecule is CCC(C)[C@H](N)C(=O)Nc1ccccc1[N+](=O)[O-]. The fourth-order valence-electron chi connectivity index (χ4n) is 1.47. The van der Waals surface area contributed by atoms with Gasteiger partial charge in [0.25, 0.3) is 5.69 Å². The molecule has 6 heteroatoms. The summed E-state index contributed by atoms with van der Waals surface area (Å²) in [5.74, 6) is -0.383. The lowest BCUT2D eigenvalue weighted by atomic mass is 9.99. The third kappa shape index (κ3) is 3.27. The van der Waals surface area contributed by atoms with Crippen LogP contribution >= 0.6 is 0 Å². The van der Waals surface area contributed by atoms with Crippen LogP contribution in [0, 0.1) is 16.0 Å². The van der Waals surface area contributed by atoms with Crippen molar-refractivity contribution in [2.45, 2.75) is 26.3 Å². The number of nitrogens with zero attached hydrogens (tertiary/aromatic N) is 1. The zero-order valence-electron chi connectivity index (χ0n) is 10.4. The van der Waals surface area contributed by atoms with Gasteiger partial charge in [-0.2, -0.15) is 0 Å². The molecule has 1 aromatic carbocycles. The predicted molar refractivity (Wildman–Crippen MR) is 69.2 cm³/mol. The molecule has 3 N–H and O–H groups in total. The number of amides is 1. The summed E-state index contributed by atoms with van der Waals surface area (Å²) in [6.07, 6.45) is 0.769. The number of benzene rings is 1. The van der Waals surface area contributed by atoms with Gasteiger partial charge in [0.1, 0.15) is 5.69 Å². The van der Waals surface area contributed by atoms with Gasteiger partial charge in [-0.1, -0.05) is 32.4 Å². The van der Waals surface area contributed by atoms with Crippen LogP contribution in [0.5, 0.6) is 0 Å². The van der Waals surface area contributed by atoms with E-state index in [2.05, 4.69) is 5.32 Å². The molecule has 0 fully saturated rings. The van der Waals surface area contributed by atoms with Crippen LogP contribution in [0.15, 0.2) is 24.3 Å². The number of carbonyl (C=O) groups is 1. The van der Waals surface area contributed by atoms with Gasteiger partial charge in [-0.25, -0.2) is 0 Å². The van der Waals surface area contributed by atoms with Crippen LogP contribution in [0.3, 0.4) is 0 Å². The fourth-order valence-corrected chi connectivity index (χ4v) is 1.47. The molecule has 0 aromatic heterocycles. The summed E-state index contributed by atoms with van der Waals surface area (Å²) in [5, 5.41) is 13.3. The Hall–Kier alpha value is -1.95. The number of hydrogen-bond acceptors (Lipinski definition) is 4. The summed E-state index contributed by atoms with van der Waals surface area (Å²) in [5.41, 5.74) is 5.80. The van der Waals surface area contributed by atoms with Crippen molar-refractivity contribution in [3.8, 4) is 0 Å². The van der Waals surface area contributed by atoms with Gasteiger partial charge < -0.3 is 11.1 Å². The quantitative estimate of drug-likeness (QED) is 0.616. The summed E-state index contributed by atoms with van der Waals surface area (Å²) < 4.78 is 0. The second-order valence-corrected chi connectivity index (χ2v) is 4.17. The number of hydrogen-bond donors (Lipinski definition) is 2. The number of carbonyl (C=O) groups excluding carboxylic acids is 1. The zero-order valence-corrected chi connectivity index (χ0v) is 10.4. The van der Waals surface area contributed by atoms with Gasteiger partial charge in [0, 0.05) is 6.07 Å². The largest absolute Gasteiger partial charge is 0.320 e. The lowest BCUT2D eigenvalue weighted by Gasteiger charge is -2.17. The van der Waals surface area contributed by atoms with Gasteiger partial charge in [0.05, 0.1) is 11.0 Å². The molecular formula is C12H17N3O3. The first-order valence-electron chi connectivity index (χ1n) is 5.77. The minimum Gasteiger partial charge on any atom is -0.320 e. The van der Waals surface area contributed by atoms with Crippen molar-refractivity contribution in [2.75, 3.05) is 5.32 Å². The van der Waals surface area contributed by atoms with Crippen LogP contribution in [0.1, 0.15) is 20.3 Å². The Morgan fingerprint density at radius 2 is 2.11 bits per heavy atom. The van der Waals surface area contributed by atoms with Crippen molar-refractivity contribution in [1.29, 1.82) is 0 Å². The van der Waals surface area contributed by atoms with Crippen LogP contribution in [-0.2, 0) is 4.79 Å². The van der Waals surface area contributed by atoms with Crippen molar-refractivity contribution in [2.24, 2.45) is 11.7 Å². The van der Waals surface area contributed by atoms with E-state index in [9.17, 15) is 14.9 Å². The minimum atomic E-state index is -0.671. The van der Waals surface area contributed by atoms with E-state index in [1.54, 1.807) is 12.1 Å². The summed E-state index contributed by atoms with van der Waals surface area (Å²) in [4.78, 5) is 22.1. The Bertz CT molecular complexity index is 448. The Morgan fingerprint density at radius 3 is 2.67 bits per heavy atom. The maximum atomic E-state index is 11.8. The molecule has 1 rings (SSSR count). The highest BCUT2D eigenvalue weighted by molar-refractivity contribution is 5.96. The molecule has 0 aliphatic carbocycles. The number of anilines is 1. The molecule has 18 heavy (non-hydrogen) atoms.